The van der Waals surface area contributed by atoms with Gasteiger partial charge in [-0.1, -0.05) is 0 Å². The minimum Gasteiger partial charge on any atom is -0.475 e. The SMILES string of the molecule is O=C(O)C(F)(F)F.O=C(c1cccnc1)N1CCC2(COCc3cnc(N4CCOCC4)nc32)C1. The number of alkyl halides is 3. The van der Waals surface area contributed by atoms with Crippen LogP contribution in [0.15, 0.2) is 30.7 Å². The van der Waals surface area contributed by atoms with Gasteiger partial charge in [-0.25, -0.2) is 14.8 Å². The number of likely N-dealkylation sites (tertiary alicyclic amines) is 1. The van der Waals surface area contributed by atoms with Crippen molar-refractivity contribution in [2.75, 3.05) is 50.9 Å². The van der Waals surface area contributed by atoms with Gasteiger partial charge in [-0.3, -0.25) is 9.78 Å². The Balaban J connectivity index is 0.000000364. The minimum absolute atomic E-state index is 0.0135. The third kappa shape index (κ3) is 5.51. The molecule has 1 unspecified atom stereocenters. The summed E-state index contributed by atoms with van der Waals surface area (Å²) in [6, 6.07) is 3.60. The van der Waals surface area contributed by atoms with Gasteiger partial charge in [0.15, 0.2) is 0 Å². The second-order valence-corrected chi connectivity index (χ2v) is 8.44. The van der Waals surface area contributed by atoms with Crippen LogP contribution in [0.25, 0.3) is 0 Å². The maximum absolute atomic E-state index is 12.9. The van der Waals surface area contributed by atoms with Crippen molar-refractivity contribution in [2.45, 2.75) is 24.6 Å². The van der Waals surface area contributed by atoms with E-state index >= 15 is 0 Å². The summed E-state index contributed by atoms with van der Waals surface area (Å²) < 4.78 is 43.1. The number of aliphatic carboxylic acids is 1. The smallest absolute Gasteiger partial charge is 0.475 e. The van der Waals surface area contributed by atoms with E-state index in [0.29, 0.717) is 45.1 Å². The highest BCUT2D eigenvalue weighted by atomic mass is 19.4. The Morgan fingerprint density at radius 1 is 1.11 bits per heavy atom. The largest absolute Gasteiger partial charge is 0.490 e. The number of morpholine rings is 1. The van der Waals surface area contributed by atoms with E-state index < -0.39 is 12.1 Å². The molecule has 1 N–H and O–H groups in total. The second kappa shape index (κ2) is 10.1. The van der Waals surface area contributed by atoms with E-state index in [2.05, 4.69) is 14.9 Å². The quantitative estimate of drug-likeness (QED) is 0.664. The van der Waals surface area contributed by atoms with E-state index in [4.69, 9.17) is 24.4 Å². The van der Waals surface area contributed by atoms with Gasteiger partial charge in [-0.15, -0.1) is 0 Å². The van der Waals surface area contributed by atoms with Gasteiger partial charge in [0.25, 0.3) is 5.91 Å². The third-order valence-electron chi connectivity index (χ3n) is 6.08. The molecule has 1 atom stereocenters. The van der Waals surface area contributed by atoms with Crippen LogP contribution in [0.5, 0.6) is 0 Å². The Bertz CT molecular complexity index is 1070. The number of aromatic nitrogens is 3. The van der Waals surface area contributed by atoms with E-state index in [9.17, 15) is 18.0 Å². The first-order valence-electron chi connectivity index (χ1n) is 11.0. The molecule has 2 aromatic rings. The van der Waals surface area contributed by atoms with Crippen molar-refractivity contribution >= 4 is 17.8 Å². The number of nitrogens with zero attached hydrogens (tertiary/aromatic N) is 5. The number of ether oxygens (including phenoxy) is 2. The summed E-state index contributed by atoms with van der Waals surface area (Å²) >= 11 is 0. The monoisotopic (exact) mass is 495 g/mol. The Morgan fingerprint density at radius 2 is 1.86 bits per heavy atom. The zero-order valence-electron chi connectivity index (χ0n) is 18.7. The average molecular weight is 495 g/mol. The van der Waals surface area contributed by atoms with Crippen LogP contribution < -0.4 is 4.90 Å². The van der Waals surface area contributed by atoms with Gasteiger partial charge < -0.3 is 24.4 Å². The summed E-state index contributed by atoms with van der Waals surface area (Å²) in [5, 5.41) is 7.12. The van der Waals surface area contributed by atoms with Gasteiger partial charge in [-0.2, -0.15) is 13.2 Å². The number of carboxylic acids is 1. The molecule has 2 saturated heterocycles. The van der Waals surface area contributed by atoms with Crippen molar-refractivity contribution in [3.8, 4) is 0 Å². The molecule has 1 amide bonds. The fourth-order valence-corrected chi connectivity index (χ4v) is 4.33. The predicted octanol–water partition coefficient (Wildman–Crippen LogP) is 1.66. The number of anilines is 1. The van der Waals surface area contributed by atoms with Gasteiger partial charge in [0, 0.05) is 50.3 Å². The molecule has 2 aromatic heterocycles. The molecule has 188 valence electrons. The van der Waals surface area contributed by atoms with Crippen molar-refractivity contribution in [3.05, 3.63) is 47.5 Å². The molecule has 3 aliphatic rings. The maximum Gasteiger partial charge on any atom is 0.490 e. The summed E-state index contributed by atoms with van der Waals surface area (Å²) in [4.78, 5) is 39.4. The van der Waals surface area contributed by atoms with E-state index in [1.165, 1.54) is 0 Å². The van der Waals surface area contributed by atoms with Crippen LogP contribution >= 0.6 is 0 Å². The lowest BCUT2D eigenvalue weighted by Gasteiger charge is -2.35. The van der Waals surface area contributed by atoms with E-state index in [1.807, 2.05) is 17.2 Å². The number of rotatable bonds is 2. The number of halogens is 3. The van der Waals surface area contributed by atoms with Crippen LogP contribution in [0, 0.1) is 0 Å². The fraction of sp³-hybridized carbons (Fsp3) is 0.500. The van der Waals surface area contributed by atoms with Crippen molar-refractivity contribution in [2.24, 2.45) is 0 Å². The van der Waals surface area contributed by atoms with Gasteiger partial charge >= 0.3 is 12.1 Å². The van der Waals surface area contributed by atoms with Crippen LogP contribution in [-0.2, 0) is 26.3 Å². The number of pyridine rings is 1. The number of amides is 1. The summed E-state index contributed by atoms with van der Waals surface area (Å²) in [7, 11) is 0. The number of hydrogen-bond acceptors (Lipinski definition) is 8. The molecule has 2 fully saturated rings. The molecule has 5 rings (SSSR count). The first-order valence-corrected chi connectivity index (χ1v) is 11.0. The van der Waals surface area contributed by atoms with Crippen molar-refractivity contribution < 1.29 is 37.3 Å². The molecule has 1 spiro atoms. The molecule has 0 bridgehead atoms. The molecule has 0 aromatic carbocycles. The van der Waals surface area contributed by atoms with Gasteiger partial charge in [0.05, 0.1) is 43.1 Å². The Hall–Kier alpha value is -3.32. The topological polar surface area (TPSA) is 118 Å². The molecule has 10 nitrogen and oxygen atoms in total. The van der Waals surface area contributed by atoms with Crippen molar-refractivity contribution in [1.29, 1.82) is 0 Å². The van der Waals surface area contributed by atoms with E-state index in [1.54, 1.807) is 18.5 Å². The van der Waals surface area contributed by atoms with Crippen LogP contribution in [-0.4, -0.2) is 89.0 Å². The van der Waals surface area contributed by atoms with Gasteiger partial charge in [0.2, 0.25) is 5.95 Å². The van der Waals surface area contributed by atoms with Crippen LogP contribution in [0.1, 0.15) is 28.0 Å². The van der Waals surface area contributed by atoms with Crippen molar-refractivity contribution in [3.63, 3.8) is 0 Å². The summed E-state index contributed by atoms with van der Waals surface area (Å²) in [6.07, 6.45) is 0.945. The first-order chi connectivity index (χ1) is 16.7. The number of hydrogen-bond donors (Lipinski definition) is 1. The average Bonchev–Trinajstić information content (AvgIpc) is 3.29. The molecule has 13 heteroatoms. The second-order valence-electron chi connectivity index (χ2n) is 8.44. The van der Waals surface area contributed by atoms with Crippen molar-refractivity contribution in [1.82, 2.24) is 19.9 Å². The lowest BCUT2D eigenvalue weighted by molar-refractivity contribution is -0.192. The highest BCUT2D eigenvalue weighted by Gasteiger charge is 2.46. The zero-order valence-corrected chi connectivity index (χ0v) is 18.7. The molecule has 0 aliphatic carbocycles. The zero-order chi connectivity index (χ0) is 25.1. The van der Waals surface area contributed by atoms with Gasteiger partial charge in [-0.05, 0) is 18.6 Å². The number of fused-ring (bicyclic) bond motifs is 2. The fourth-order valence-electron chi connectivity index (χ4n) is 4.33. The first kappa shape index (κ1) is 24.8. The number of carbonyl (C=O) groups excluding carboxylic acids is 1. The normalized spacial score (nSPS) is 21.8. The summed E-state index contributed by atoms with van der Waals surface area (Å²) in [5.41, 5.74) is 2.42. The Kier molecular flexibility index (Phi) is 7.17. The van der Waals surface area contributed by atoms with Crippen LogP contribution in [0.2, 0.25) is 0 Å². The molecular formula is C22H24F3N5O5. The number of carboxylic acid groups (broad SMARTS) is 1. The maximum atomic E-state index is 12.9. The lowest BCUT2D eigenvalue weighted by Crippen LogP contribution is -2.43. The molecule has 0 radical (unpaired) electrons. The Morgan fingerprint density at radius 3 is 2.51 bits per heavy atom. The van der Waals surface area contributed by atoms with Crippen LogP contribution in [0.4, 0.5) is 19.1 Å². The van der Waals surface area contributed by atoms with E-state index in [-0.39, 0.29) is 11.3 Å². The molecular weight excluding hydrogens is 471 g/mol. The van der Waals surface area contributed by atoms with Crippen LogP contribution in [0.3, 0.4) is 0 Å². The highest BCUT2D eigenvalue weighted by molar-refractivity contribution is 5.94. The van der Waals surface area contributed by atoms with Gasteiger partial charge in [0.1, 0.15) is 0 Å². The molecule has 3 aliphatic heterocycles. The minimum atomic E-state index is -5.08. The summed E-state index contributed by atoms with van der Waals surface area (Å²) in [6.45, 7) is 5.39. The Labute approximate surface area is 198 Å². The molecule has 5 heterocycles. The molecule has 35 heavy (non-hydrogen) atoms. The standard InChI is InChI=1S/C20H23N5O3.C2HF3O2/c26-18(15-2-1-4-21-10-15)25-5-3-20(13-25)14-28-12-16-11-22-19(23-17(16)20)24-6-8-27-9-7-24;3-2(4,5)1(6)7/h1-2,4,10-11H,3,5-9,12-14H2;(H,6,7). The summed E-state index contributed by atoms with van der Waals surface area (Å²) in [5.74, 6) is -1.99. The van der Waals surface area contributed by atoms with E-state index in [0.717, 1.165) is 36.7 Å². The lowest BCUT2D eigenvalue weighted by atomic mass is 9.80. The third-order valence-corrected chi connectivity index (χ3v) is 6.08. The molecule has 0 saturated carbocycles. The predicted molar refractivity (Wildman–Crippen MR) is 115 cm³/mol. The number of carbonyl (C=O) groups is 2. The highest BCUT2D eigenvalue weighted by Crippen LogP contribution is 2.40.